The maximum Gasteiger partial charge on any atom is 0.263 e. The van der Waals surface area contributed by atoms with Crippen molar-refractivity contribution in [3.63, 3.8) is 0 Å². The molecule has 3 heterocycles. The number of nitrogens with one attached hydrogen (secondary N) is 2. The molecule has 0 saturated heterocycles. The number of benzene rings is 2. The highest BCUT2D eigenvalue weighted by atomic mass is 35.5. The molecule has 0 radical (unpaired) electrons. The molecule has 0 bridgehead atoms. The second-order valence-electron chi connectivity index (χ2n) is 9.53. The fourth-order valence-electron chi connectivity index (χ4n) is 3.86. The first-order valence-corrected chi connectivity index (χ1v) is 11.7. The Bertz CT molecular complexity index is 1660. The Hall–Kier alpha value is -4.24. The molecule has 0 aliphatic carbocycles. The fraction of sp³-hybridized carbons (Fsp3) is 0.192. The van der Waals surface area contributed by atoms with E-state index < -0.39 is 0 Å². The molecule has 1 amide bonds. The van der Waals surface area contributed by atoms with Gasteiger partial charge in [-0.25, -0.2) is 4.68 Å². The number of hydrogen-bond acceptors (Lipinski definition) is 5. The number of rotatable bonds is 4. The van der Waals surface area contributed by atoms with Crippen LogP contribution in [0.4, 0.5) is 5.82 Å². The first kappa shape index (κ1) is 23.5. The summed E-state index contributed by atoms with van der Waals surface area (Å²) >= 11 is 6.14. The normalized spacial score (nSPS) is 11.7. The molecule has 0 atom stereocenters. The summed E-state index contributed by atoms with van der Waals surface area (Å²) in [5.41, 5.74) is 2.87. The number of hydrogen-bond donors (Lipinski definition) is 2. The molecule has 0 spiro atoms. The van der Waals surface area contributed by atoms with E-state index in [0.717, 1.165) is 5.56 Å². The molecule has 0 saturated carbocycles. The number of carbonyl (C=O) groups excluding carboxylic acids is 1. The van der Waals surface area contributed by atoms with Crippen LogP contribution in [0.5, 0.6) is 0 Å². The molecule has 3 aromatic heterocycles. The molecule has 0 fully saturated rings. The lowest BCUT2D eigenvalue weighted by molar-refractivity contribution is 0.102. The summed E-state index contributed by atoms with van der Waals surface area (Å²) in [4.78, 5) is 33.2. The van der Waals surface area contributed by atoms with Crippen molar-refractivity contribution < 1.29 is 4.79 Å². The molecular weight excluding hydrogens is 478 g/mol. The van der Waals surface area contributed by atoms with Crippen LogP contribution >= 0.6 is 11.6 Å². The average molecular weight is 502 g/mol. The summed E-state index contributed by atoms with van der Waals surface area (Å²) in [6.07, 6.45) is 1.45. The highest BCUT2D eigenvalue weighted by Crippen LogP contribution is 2.23. The lowest BCUT2D eigenvalue weighted by atomic mass is 9.87. The van der Waals surface area contributed by atoms with E-state index in [4.69, 9.17) is 11.6 Å². The molecule has 0 unspecified atom stereocenters. The second kappa shape index (κ2) is 8.76. The van der Waals surface area contributed by atoms with Gasteiger partial charge in [0.1, 0.15) is 11.2 Å². The number of H-pyrrole nitrogens is 1. The van der Waals surface area contributed by atoms with Crippen LogP contribution in [-0.2, 0) is 5.41 Å². The maximum atomic E-state index is 13.0. The molecule has 0 aliphatic heterocycles. The summed E-state index contributed by atoms with van der Waals surface area (Å²) in [5, 5.41) is 12.5. The predicted octanol–water partition coefficient (Wildman–Crippen LogP) is 4.81. The molecule has 36 heavy (non-hydrogen) atoms. The number of fused-ring (bicyclic) bond motifs is 1. The van der Waals surface area contributed by atoms with Gasteiger partial charge in [-0.05, 0) is 48.2 Å². The highest BCUT2D eigenvalue weighted by molar-refractivity contribution is 6.30. The van der Waals surface area contributed by atoms with Crippen LogP contribution in [0.15, 0.2) is 65.6 Å². The largest absolute Gasteiger partial charge is 0.306 e. The lowest BCUT2D eigenvalue weighted by Gasteiger charge is -2.19. The minimum atomic E-state index is -0.383. The Kier molecular flexibility index (Phi) is 5.72. The van der Waals surface area contributed by atoms with Gasteiger partial charge in [-0.1, -0.05) is 50.6 Å². The predicted molar refractivity (Wildman–Crippen MR) is 139 cm³/mol. The van der Waals surface area contributed by atoms with Crippen LogP contribution in [0.2, 0.25) is 5.02 Å². The molecule has 10 heteroatoms. The van der Waals surface area contributed by atoms with Gasteiger partial charge < -0.3 is 5.32 Å². The highest BCUT2D eigenvalue weighted by Gasteiger charge is 2.18. The van der Waals surface area contributed by atoms with Crippen molar-refractivity contribution in [2.45, 2.75) is 33.1 Å². The van der Waals surface area contributed by atoms with Crippen LogP contribution in [-0.4, -0.2) is 35.4 Å². The topological polar surface area (TPSA) is 110 Å². The van der Waals surface area contributed by atoms with Gasteiger partial charge >= 0.3 is 0 Å². The molecule has 5 rings (SSSR count). The van der Waals surface area contributed by atoms with Gasteiger partial charge in [0.15, 0.2) is 5.65 Å². The van der Waals surface area contributed by atoms with Crippen LogP contribution in [0.1, 0.15) is 42.4 Å². The molecule has 0 aliphatic rings. The number of aromatic nitrogens is 6. The third-order valence-electron chi connectivity index (χ3n) is 5.77. The Morgan fingerprint density at radius 1 is 1.06 bits per heavy atom. The maximum absolute atomic E-state index is 13.0. The number of carbonyl (C=O) groups is 1. The zero-order valence-corrected chi connectivity index (χ0v) is 21.0. The number of aromatic amines is 1. The van der Waals surface area contributed by atoms with Crippen molar-refractivity contribution in [2.75, 3.05) is 5.32 Å². The summed E-state index contributed by atoms with van der Waals surface area (Å²) in [6, 6.07) is 16.3. The Labute approximate surface area is 211 Å². The van der Waals surface area contributed by atoms with E-state index in [2.05, 4.69) is 46.3 Å². The van der Waals surface area contributed by atoms with E-state index in [-0.39, 0.29) is 22.8 Å². The van der Waals surface area contributed by atoms with E-state index in [1.807, 2.05) is 18.2 Å². The molecule has 2 N–H and O–H groups in total. The number of anilines is 1. The third kappa shape index (κ3) is 4.40. The molecule has 5 aromatic rings. The zero-order valence-electron chi connectivity index (χ0n) is 20.2. The van der Waals surface area contributed by atoms with Gasteiger partial charge in [-0.3, -0.25) is 14.6 Å². The van der Waals surface area contributed by atoms with E-state index in [9.17, 15) is 9.59 Å². The van der Waals surface area contributed by atoms with Crippen LogP contribution in [0.3, 0.4) is 0 Å². The minimum Gasteiger partial charge on any atom is -0.306 e. The van der Waals surface area contributed by atoms with Gasteiger partial charge in [0.05, 0.1) is 17.6 Å². The van der Waals surface area contributed by atoms with Crippen LogP contribution in [0.25, 0.3) is 22.7 Å². The van der Waals surface area contributed by atoms with Crippen LogP contribution in [0, 0.1) is 6.92 Å². The molecular formula is C26H24ClN7O2. The molecule has 182 valence electrons. The summed E-state index contributed by atoms with van der Waals surface area (Å²) in [5.74, 6) is 0.209. The summed E-state index contributed by atoms with van der Waals surface area (Å²) < 4.78 is 2.93. The van der Waals surface area contributed by atoms with Gasteiger partial charge in [-0.2, -0.15) is 19.9 Å². The molecule has 9 nitrogen and oxygen atoms in total. The Morgan fingerprint density at radius 2 is 1.81 bits per heavy atom. The van der Waals surface area contributed by atoms with Gasteiger partial charge in [0.25, 0.3) is 11.5 Å². The Balaban J connectivity index is 1.53. The van der Waals surface area contributed by atoms with Gasteiger partial charge in [-0.15, -0.1) is 0 Å². The first-order chi connectivity index (χ1) is 17.1. The second-order valence-corrected chi connectivity index (χ2v) is 9.96. The standard InChI is InChI=1S/C26H24ClN7O2/c1-15-12-21(29-23(35)16-8-10-17(11-9-16)26(2,3)4)34(32-15)25-30-22-20(24(36)31-25)14-28-33(22)19-7-5-6-18(27)13-19/h5-14H,1-4H3,(H,29,35)(H,30,31,36). The lowest BCUT2D eigenvalue weighted by Crippen LogP contribution is -2.19. The van der Waals surface area contributed by atoms with Crippen molar-refractivity contribution in [1.82, 2.24) is 29.5 Å². The number of halogens is 1. The minimum absolute atomic E-state index is 0.0153. The monoisotopic (exact) mass is 501 g/mol. The van der Waals surface area contributed by atoms with E-state index in [0.29, 0.717) is 38.8 Å². The number of amides is 1. The quantitative estimate of drug-likeness (QED) is 0.367. The smallest absolute Gasteiger partial charge is 0.263 e. The van der Waals surface area contributed by atoms with E-state index >= 15 is 0 Å². The Morgan fingerprint density at radius 3 is 2.50 bits per heavy atom. The van der Waals surface area contributed by atoms with Gasteiger partial charge in [0.2, 0.25) is 5.95 Å². The summed E-state index contributed by atoms with van der Waals surface area (Å²) in [7, 11) is 0. The van der Waals surface area contributed by atoms with Crippen molar-refractivity contribution >= 4 is 34.4 Å². The number of nitrogens with zero attached hydrogens (tertiary/aromatic N) is 5. The van der Waals surface area contributed by atoms with Crippen molar-refractivity contribution in [1.29, 1.82) is 0 Å². The van der Waals surface area contributed by atoms with Gasteiger partial charge in [0, 0.05) is 16.7 Å². The summed E-state index contributed by atoms with van der Waals surface area (Å²) in [6.45, 7) is 8.14. The zero-order chi connectivity index (χ0) is 25.6. The number of aryl methyl sites for hydroxylation is 1. The average Bonchev–Trinajstić information content (AvgIpc) is 3.42. The van der Waals surface area contributed by atoms with Crippen molar-refractivity contribution in [3.8, 4) is 11.6 Å². The molecule has 2 aromatic carbocycles. The first-order valence-electron chi connectivity index (χ1n) is 11.3. The van der Waals surface area contributed by atoms with Crippen molar-refractivity contribution in [2.24, 2.45) is 0 Å². The van der Waals surface area contributed by atoms with Crippen molar-refractivity contribution in [3.05, 3.63) is 93.0 Å². The van der Waals surface area contributed by atoms with Crippen LogP contribution < -0.4 is 10.9 Å². The van der Waals surface area contributed by atoms with E-state index in [1.54, 1.807) is 43.3 Å². The SMILES string of the molecule is Cc1cc(NC(=O)c2ccc(C(C)(C)C)cc2)n(-c2nc3c(cnn3-c3cccc(Cl)c3)c(=O)[nH]2)n1. The third-order valence-corrected chi connectivity index (χ3v) is 6.00. The van der Waals surface area contributed by atoms with E-state index in [1.165, 1.54) is 15.6 Å². The fourth-order valence-corrected chi connectivity index (χ4v) is 4.05.